The average Bonchev–Trinajstić information content (AvgIpc) is 3.60. The summed E-state index contributed by atoms with van der Waals surface area (Å²) in [6.45, 7) is 10.9. The monoisotopic (exact) mass is 524 g/mol. The first-order valence-electron chi connectivity index (χ1n) is 12.8. The maximum absolute atomic E-state index is 12.6. The number of likely N-dealkylation sites (N-methyl/N-ethyl adjacent to an activating group) is 2. The number of benzene rings is 1. The highest BCUT2D eigenvalue weighted by Crippen LogP contribution is 2.25. The lowest BCUT2D eigenvalue weighted by Crippen LogP contribution is -2.45. The van der Waals surface area contributed by atoms with Crippen LogP contribution in [0.15, 0.2) is 17.0 Å². The van der Waals surface area contributed by atoms with Crippen molar-refractivity contribution >= 4 is 22.8 Å². The van der Waals surface area contributed by atoms with E-state index in [0.717, 1.165) is 48.0 Å². The summed E-state index contributed by atoms with van der Waals surface area (Å²) in [4.78, 5) is 28.2. The Bertz CT molecular complexity index is 862. The van der Waals surface area contributed by atoms with Crippen LogP contribution >= 0.6 is 0 Å². The summed E-state index contributed by atoms with van der Waals surface area (Å²) < 4.78 is 24.8. The number of ether oxygens (including phenoxy) is 2. The van der Waals surface area contributed by atoms with Gasteiger partial charge in [0.05, 0.1) is 24.7 Å². The molecule has 2 unspecified atom stereocenters. The van der Waals surface area contributed by atoms with Crippen LogP contribution in [0, 0.1) is 13.8 Å². The minimum atomic E-state index is -1.28. The number of aryl methyl sites for hydroxylation is 2. The van der Waals surface area contributed by atoms with Gasteiger partial charge in [0.2, 0.25) is 11.8 Å². The summed E-state index contributed by atoms with van der Waals surface area (Å²) in [6.07, 6.45) is 4.91. The standard InChI is InChI=1S/C15H24N2O4S.C11H20N2O/c1-11-8-13(20-5)9-12(2)15(11)22(19)17(4)6-7-21-10-14(18)16-3;1-10(12-6-2-3-7-12)11(14)13-8-4-5-9-13/h8-9H,6-7,10H2,1-5H3,(H,16,18);10H,2-9H2,1H3. The molecule has 0 aliphatic carbocycles. The number of nitrogens with zero attached hydrogens (tertiary/aromatic N) is 3. The number of carbonyl (C=O) groups excluding carboxylic acids is 2. The zero-order valence-electron chi connectivity index (χ0n) is 22.8. The van der Waals surface area contributed by atoms with Crippen molar-refractivity contribution < 1.29 is 23.3 Å². The molecule has 2 aliphatic heterocycles. The minimum Gasteiger partial charge on any atom is -0.497 e. The number of methoxy groups -OCH3 is 1. The van der Waals surface area contributed by atoms with E-state index in [4.69, 9.17) is 9.47 Å². The molecule has 36 heavy (non-hydrogen) atoms. The Kier molecular flexibility index (Phi) is 12.8. The zero-order chi connectivity index (χ0) is 26.7. The van der Waals surface area contributed by atoms with Gasteiger partial charge < -0.3 is 19.7 Å². The highest BCUT2D eigenvalue weighted by Gasteiger charge is 2.28. The molecule has 0 spiro atoms. The zero-order valence-corrected chi connectivity index (χ0v) is 23.6. The molecule has 0 saturated carbocycles. The van der Waals surface area contributed by atoms with Gasteiger partial charge in [-0.05, 0) is 82.8 Å². The molecular weight excluding hydrogens is 480 g/mol. The van der Waals surface area contributed by atoms with Crippen LogP contribution < -0.4 is 10.1 Å². The SMILES string of the molecule is CC(C(=O)N1CCCC1)N1CCCC1.CNC(=O)COCCN(C)S(=O)c1c(C)cc(OC)cc1C. The lowest BCUT2D eigenvalue weighted by Gasteiger charge is -2.27. The van der Waals surface area contributed by atoms with Gasteiger partial charge in [-0.1, -0.05) is 0 Å². The number of rotatable bonds is 10. The molecule has 2 amide bonds. The van der Waals surface area contributed by atoms with E-state index in [0.29, 0.717) is 19.1 Å². The van der Waals surface area contributed by atoms with Crippen molar-refractivity contribution in [3.63, 3.8) is 0 Å². The van der Waals surface area contributed by atoms with Gasteiger partial charge in [0.1, 0.15) is 23.3 Å². The molecule has 2 saturated heterocycles. The number of likely N-dealkylation sites (tertiary alicyclic amines) is 2. The molecule has 2 heterocycles. The predicted octanol–water partition coefficient (Wildman–Crippen LogP) is 2.12. The van der Waals surface area contributed by atoms with Crippen molar-refractivity contribution in [3.8, 4) is 5.75 Å². The van der Waals surface area contributed by atoms with Crippen molar-refractivity contribution in [3.05, 3.63) is 23.3 Å². The summed E-state index contributed by atoms with van der Waals surface area (Å²) in [6, 6.07) is 3.86. The number of amides is 2. The number of carbonyl (C=O) groups is 2. The van der Waals surface area contributed by atoms with Gasteiger partial charge in [-0.25, -0.2) is 8.51 Å². The van der Waals surface area contributed by atoms with Crippen molar-refractivity contribution in [2.24, 2.45) is 0 Å². The third-order valence-electron chi connectivity index (χ3n) is 6.65. The quantitative estimate of drug-likeness (QED) is 0.472. The lowest BCUT2D eigenvalue weighted by molar-refractivity contribution is -0.135. The van der Waals surface area contributed by atoms with Gasteiger partial charge in [-0.3, -0.25) is 14.5 Å². The van der Waals surface area contributed by atoms with Gasteiger partial charge in [-0.15, -0.1) is 0 Å². The average molecular weight is 525 g/mol. The normalized spacial score (nSPS) is 17.5. The van der Waals surface area contributed by atoms with E-state index in [2.05, 4.69) is 17.1 Å². The summed E-state index contributed by atoms with van der Waals surface area (Å²) in [7, 11) is 3.66. The van der Waals surface area contributed by atoms with E-state index in [1.807, 2.05) is 30.9 Å². The molecule has 1 aromatic carbocycles. The highest BCUT2D eigenvalue weighted by molar-refractivity contribution is 7.82. The Morgan fingerprint density at radius 2 is 1.64 bits per heavy atom. The summed E-state index contributed by atoms with van der Waals surface area (Å²) in [5.41, 5.74) is 1.85. The van der Waals surface area contributed by atoms with Crippen LogP contribution in [0.2, 0.25) is 0 Å². The molecule has 9 nitrogen and oxygen atoms in total. The predicted molar refractivity (Wildman–Crippen MR) is 142 cm³/mol. The summed E-state index contributed by atoms with van der Waals surface area (Å²) >= 11 is 0. The lowest BCUT2D eigenvalue weighted by atomic mass is 10.1. The van der Waals surface area contributed by atoms with E-state index in [1.54, 1.807) is 25.5 Å². The second-order valence-electron chi connectivity index (χ2n) is 9.37. The van der Waals surface area contributed by atoms with Crippen molar-refractivity contribution in [2.45, 2.75) is 57.4 Å². The molecule has 1 aromatic rings. The van der Waals surface area contributed by atoms with Crippen LogP contribution in [0.1, 0.15) is 43.7 Å². The van der Waals surface area contributed by atoms with Crippen LogP contribution in [0.3, 0.4) is 0 Å². The molecule has 0 bridgehead atoms. The van der Waals surface area contributed by atoms with E-state index in [-0.39, 0.29) is 18.6 Å². The Hall–Kier alpha value is -2.01. The molecule has 2 fully saturated rings. The third kappa shape index (κ3) is 8.83. The second-order valence-corrected chi connectivity index (χ2v) is 10.9. The first kappa shape index (κ1) is 30.2. The largest absolute Gasteiger partial charge is 0.497 e. The summed E-state index contributed by atoms with van der Waals surface area (Å²) in [5.74, 6) is 0.933. The molecule has 3 rings (SSSR count). The molecule has 0 radical (unpaired) electrons. The fourth-order valence-corrected chi connectivity index (χ4v) is 5.68. The fourth-order valence-electron chi connectivity index (χ4n) is 4.46. The van der Waals surface area contributed by atoms with Crippen molar-refractivity contribution in [2.75, 3.05) is 67.1 Å². The van der Waals surface area contributed by atoms with Crippen LogP contribution in [0.5, 0.6) is 5.75 Å². The smallest absolute Gasteiger partial charge is 0.245 e. The minimum absolute atomic E-state index is 0.0115. The van der Waals surface area contributed by atoms with Crippen LogP contribution in [-0.2, 0) is 25.3 Å². The van der Waals surface area contributed by atoms with E-state index in [1.165, 1.54) is 25.7 Å². The van der Waals surface area contributed by atoms with Gasteiger partial charge in [0, 0.05) is 33.7 Å². The van der Waals surface area contributed by atoms with Gasteiger partial charge in [0.25, 0.3) is 0 Å². The molecule has 0 aromatic heterocycles. The first-order chi connectivity index (χ1) is 17.2. The Morgan fingerprint density at radius 1 is 1.08 bits per heavy atom. The van der Waals surface area contributed by atoms with Crippen molar-refractivity contribution in [1.29, 1.82) is 0 Å². The third-order valence-corrected chi connectivity index (χ3v) is 8.40. The van der Waals surface area contributed by atoms with E-state index < -0.39 is 11.0 Å². The number of hydrogen-bond donors (Lipinski definition) is 1. The highest BCUT2D eigenvalue weighted by atomic mass is 32.2. The Morgan fingerprint density at radius 3 is 2.17 bits per heavy atom. The first-order valence-corrected chi connectivity index (χ1v) is 13.9. The second kappa shape index (κ2) is 15.3. The van der Waals surface area contributed by atoms with Crippen LogP contribution in [0.4, 0.5) is 0 Å². The van der Waals surface area contributed by atoms with Crippen LogP contribution in [0.25, 0.3) is 0 Å². The van der Waals surface area contributed by atoms with Gasteiger partial charge >= 0.3 is 0 Å². The fraction of sp³-hybridized carbons (Fsp3) is 0.692. The van der Waals surface area contributed by atoms with E-state index in [9.17, 15) is 13.8 Å². The topological polar surface area (TPSA) is 91.4 Å². The van der Waals surface area contributed by atoms with Gasteiger partial charge in [0.15, 0.2) is 0 Å². The molecule has 2 aliphatic rings. The Balaban J connectivity index is 0.000000278. The molecule has 2 atom stereocenters. The number of hydrogen-bond acceptors (Lipinski definition) is 6. The number of nitrogens with one attached hydrogen (secondary N) is 1. The van der Waals surface area contributed by atoms with E-state index >= 15 is 0 Å². The summed E-state index contributed by atoms with van der Waals surface area (Å²) in [5, 5.41) is 2.48. The molecule has 1 N–H and O–H groups in total. The maximum atomic E-state index is 12.6. The maximum Gasteiger partial charge on any atom is 0.245 e. The van der Waals surface area contributed by atoms with Crippen LogP contribution in [-0.4, -0.2) is 103 Å². The van der Waals surface area contributed by atoms with Crippen molar-refractivity contribution in [1.82, 2.24) is 19.4 Å². The Labute approximate surface area is 219 Å². The van der Waals surface area contributed by atoms with Gasteiger partial charge in [-0.2, -0.15) is 0 Å². The molecular formula is C26H44N4O5S. The molecule has 204 valence electrons. The molecule has 10 heteroatoms.